The Labute approximate surface area is 785 Å². The van der Waals surface area contributed by atoms with Gasteiger partial charge in [0.15, 0.2) is 0 Å². The van der Waals surface area contributed by atoms with Gasteiger partial charge in [0.2, 0.25) is 29.5 Å². The average Bonchev–Trinajstić information content (AvgIpc) is 0.803. The number of aromatic hydroxyl groups is 1. The SMILES string of the molecule is CC1CCC(C(=O)N(c2ccc(Oc3ncc(I)cc3C(F)(F)F)cc2C(=O)O)C(C)C)CC1.COC(=O)c1cc(O)ccc1N(C(=O)C1CCC(C)CC1)C(C)C.COC(=O)c1cc(Oc2ncc(I)cc2C(F)(F)F)ccc1N(C(=O)C1CCC(C)CC1)C(C)C.FC(F)(F)c1cc(I)cnc1Cl.O=c1[nH]cc(I)cc1C(F)(F)F.O=c1[nH]cccc1C(F)(F)F. The van der Waals surface area contributed by atoms with E-state index in [9.17, 15) is 114 Å². The van der Waals surface area contributed by atoms with Gasteiger partial charge in [-0.2, -0.15) is 65.9 Å². The number of phenolic OH excluding ortho intramolecular Hbond substituents is 1. The number of anilines is 3. The molecule has 3 fully saturated rings. The highest BCUT2D eigenvalue weighted by molar-refractivity contribution is 14.1. The van der Waals surface area contributed by atoms with Gasteiger partial charge in [-0.1, -0.05) is 32.4 Å². The molecule has 0 aliphatic heterocycles. The Morgan fingerprint density at radius 1 is 0.430 bits per heavy atom. The lowest BCUT2D eigenvalue weighted by molar-refractivity contribution is -0.139. The van der Waals surface area contributed by atoms with Gasteiger partial charge in [0.05, 0.1) is 53.5 Å². The zero-order valence-electron chi connectivity index (χ0n) is 70.3. The molecule has 0 atom stereocenters. The molecule has 0 saturated heterocycles. The summed E-state index contributed by atoms with van der Waals surface area (Å²) >= 11 is 12.1. The van der Waals surface area contributed by atoms with E-state index in [0.717, 1.165) is 126 Å². The number of hydrogen-bond donors (Lipinski definition) is 4. The molecule has 42 heteroatoms. The number of hydrogen-bond acceptors (Lipinski definition) is 16. The van der Waals surface area contributed by atoms with Gasteiger partial charge in [-0.3, -0.25) is 24.0 Å². The summed E-state index contributed by atoms with van der Waals surface area (Å²) in [5.74, 6) is -2.82. The Bertz CT molecular complexity index is 5290. The molecule has 3 amide bonds. The fourth-order valence-corrected chi connectivity index (χ4v) is 15.7. The predicted octanol–water partition coefficient (Wildman–Crippen LogP) is 24.1. The number of phenols is 1. The molecule has 3 aromatic carbocycles. The lowest BCUT2D eigenvalue weighted by Gasteiger charge is -2.34. The number of carboxylic acids is 1. The van der Waals surface area contributed by atoms with E-state index in [1.165, 1.54) is 86.4 Å². The summed E-state index contributed by atoms with van der Waals surface area (Å²) in [6.45, 7) is 17.7. The highest BCUT2D eigenvalue weighted by Crippen LogP contribution is 2.44. The summed E-state index contributed by atoms with van der Waals surface area (Å²) in [7, 11) is 2.49. The number of pyridine rings is 5. The minimum atomic E-state index is -4.70. The number of rotatable bonds is 16. The molecule has 8 aromatic rings. The number of alkyl halides is 15. The third-order valence-corrected chi connectivity index (χ3v) is 22.9. The molecule has 698 valence electrons. The van der Waals surface area contributed by atoms with E-state index in [2.05, 4.69) is 35.7 Å². The molecule has 4 N–H and O–H groups in total. The predicted molar refractivity (Wildman–Crippen MR) is 480 cm³/mol. The number of aromatic carboxylic acids is 1. The molecule has 5 heterocycles. The number of carbonyl (C=O) groups excluding carboxylic acids is 5. The second-order valence-electron chi connectivity index (χ2n) is 30.8. The number of ether oxygens (including phenoxy) is 4. The van der Waals surface area contributed by atoms with Crippen molar-refractivity contribution in [2.75, 3.05) is 28.9 Å². The van der Waals surface area contributed by atoms with E-state index in [4.69, 9.17) is 30.5 Å². The zero-order chi connectivity index (χ0) is 96.2. The van der Waals surface area contributed by atoms with Crippen molar-refractivity contribution in [1.29, 1.82) is 0 Å². The van der Waals surface area contributed by atoms with Crippen LogP contribution < -0.4 is 35.3 Å². The first-order valence-electron chi connectivity index (χ1n) is 39.4. The van der Waals surface area contributed by atoms with E-state index < -0.39 is 105 Å². The number of carbonyl (C=O) groups is 6. The Morgan fingerprint density at radius 2 is 0.750 bits per heavy atom. The summed E-state index contributed by atoms with van der Waals surface area (Å²) in [4.78, 5) is 117. The van der Waals surface area contributed by atoms with E-state index in [1.807, 2.05) is 37.7 Å². The number of aromatic nitrogens is 5. The minimum Gasteiger partial charge on any atom is -0.508 e. The van der Waals surface area contributed by atoms with E-state index >= 15 is 0 Å². The average molecular weight is 2290 g/mol. The highest BCUT2D eigenvalue weighted by atomic mass is 127. The molecule has 0 unspecified atom stereocenters. The van der Waals surface area contributed by atoms with Crippen LogP contribution in [-0.2, 0) is 54.7 Å². The fourth-order valence-electron chi connectivity index (χ4n) is 13.7. The number of aromatic amines is 2. The van der Waals surface area contributed by atoms with Gasteiger partial charge >= 0.3 is 48.8 Å². The second kappa shape index (κ2) is 47.5. The van der Waals surface area contributed by atoms with Crippen molar-refractivity contribution < 1.29 is 124 Å². The molecule has 22 nitrogen and oxygen atoms in total. The first-order chi connectivity index (χ1) is 59.5. The summed E-state index contributed by atoms with van der Waals surface area (Å²) in [6.07, 6.45) is -6.10. The number of H-pyrrole nitrogens is 2. The van der Waals surface area contributed by atoms with Crippen LogP contribution >= 0.6 is 102 Å². The van der Waals surface area contributed by atoms with Crippen LogP contribution in [0.1, 0.15) is 198 Å². The van der Waals surface area contributed by atoms with Crippen LogP contribution in [0.15, 0.2) is 132 Å². The van der Waals surface area contributed by atoms with Crippen LogP contribution in [0.4, 0.5) is 82.9 Å². The monoisotopic (exact) mass is 2290 g/mol. The van der Waals surface area contributed by atoms with Gasteiger partial charge in [0, 0.05) is 81.1 Å². The highest BCUT2D eigenvalue weighted by Gasteiger charge is 2.42. The Hall–Kier alpha value is -8.61. The van der Waals surface area contributed by atoms with Crippen molar-refractivity contribution in [2.45, 2.75) is 188 Å². The molecule has 5 aromatic heterocycles. The molecule has 128 heavy (non-hydrogen) atoms. The standard InChI is InChI=1S/C25H28F3IN2O4.C24H26F3IN2O4.C19H27NO4.C6H2ClF3IN.C6H3F3INO.C6H4F3NO/c1-14(2)31(23(32)16-7-5-15(3)6-8-16)21-10-9-18(12-19(21)24(33)34-4)35-22-20(25(26,27)28)11-17(29)13-30-22;1-13(2)30(22(31)15-6-4-14(3)5-7-15)20-9-8-17(11-18(20)23(32)33)34-21-19(24(25,26)27)10-16(28)12-29-21;1-12(2)20(18(22)14-7-5-13(3)6-8-14)17-10-9-15(21)11-16(17)19(23)24-4;7-5-4(6(8,9)10)1-3(11)2-12-5;7-6(8,9)4-1-3(10)2-11-5(4)12;7-6(8,9)4-2-1-3-10-5(4)11/h9-16H,5-8H2,1-4H3;8-15H,4-7H2,1-3H3,(H,32,33);9-14,21H,5-8H2,1-4H3;1-2H;1-2H,(H,11,12);1-3H,(H,10,11). The maximum atomic E-state index is 13.5. The quantitative estimate of drug-likeness (QED) is 0.0302. The molecule has 3 aliphatic rings. The topological polar surface area (TPSA) is 294 Å². The zero-order valence-corrected chi connectivity index (χ0v) is 79.7. The molecule has 3 saturated carbocycles. The fraction of sp³-hybridized carbons (Fsp3) is 0.430. The van der Waals surface area contributed by atoms with Crippen molar-refractivity contribution in [3.63, 3.8) is 0 Å². The normalized spacial score (nSPS) is 17.0. The smallest absolute Gasteiger partial charge is 0.421 e. The van der Waals surface area contributed by atoms with Crippen LogP contribution in [0.3, 0.4) is 0 Å². The lowest BCUT2D eigenvalue weighted by atomic mass is 9.82. The molecular formula is C86H90ClF15I4N8O14. The lowest BCUT2D eigenvalue weighted by Crippen LogP contribution is -2.43. The Kier molecular flexibility index (Phi) is 40.1. The number of nitrogens with zero attached hydrogens (tertiary/aromatic N) is 6. The number of benzene rings is 3. The van der Waals surface area contributed by atoms with Crippen molar-refractivity contribution in [2.24, 2.45) is 35.5 Å². The van der Waals surface area contributed by atoms with Crippen LogP contribution in [0.2, 0.25) is 5.15 Å². The summed E-state index contributed by atoms with van der Waals surface area (Å²) in [5, 5.41) is 19.0. The molecule has 0 bridgehead atoms. The van der Waals surface area contributed by atoms with E-state index in [0.29, 0.717) is 39.8 Å². The van der Waals surface area contributed by atoms with Crippen LogP contribution in [0.25, 0.3) is 0 Å². The molecule has 11 rings (SSSR count). The van der Waals surface area contributed by atoms with Crippen LogP contribution in [0, 0.1) is 49.8 Å². The van der Waals surface area contributed by atoms with Gasteiger partial charge in [0.1, 0.15) is 44.7 Å². The van der Waals surface area contributed by atoms with Crippen LogP contribution in [0.5, 0.6) is 29.0 Å². The Morgan fingerprint density at radius 3 is 1.07 bits per heavy atom. The number of amides is 3. The molecular weight excluding hydrogens is 2200 g/mol. The molecule has 3 aliphatic carbocycles. The van der Waals surface area contributed by atoms with Crippen molar-refractivity contribution in [3.8, 4) is 29.0 Å². The van der Waals surface area contributed by atoms with Crippen LogP contribution in [-0.4, -0.2) is 103 Å². The number of halogens is 20. The maximum absolute atomic E-state index is 13.5. The number of nitrogens with one attached hydrogen (secondary N) is 2. The maximum Gasteiger partial charge on any atom is 0.421 e. The van der Waals surface area contributed by atoms with Gasteiger partial charge < -0.3 is 53.8 Å². The summed E-state index contributed by atoms with van der Waals surface area (Å²) in [5.41, 5.74) is -6.52. The molecule has 0 radical (unpaired) electrons. The number of methoxy groups -OCH3 is 2. The van der Waals surface area contributed by atoms with Crippen molar-refractivity contribution in [1.82, 2.24) is 24.9 Å². The van der Waals surface area contributed by atoms with Gasteiger partial charge in [-0.25, -0.2) is 29.3 Å². The third-order valence-electron chi connectivity index (χ3n) is 20.2. The first-order valence-corrected chi connectivity index (χ1v) is 44.1. The van der Waals surface area contributed by atoms with Gasteiger partial charge in [0.25, 0.3) is 11.1 Å². The first kappa shape index (κ1) is 108. The van der Waals surface area contributed by atoms with Gasteiger partial charge in [-0.05, 0) is 318 Å². The second-order valence-corrected chi connectivity index (χ2v) is 36.1. The van der Waals surface area contributed by atoms with Gasteiger partial charge in [-0.15, -0.1) is 0 Å². The Balaban J connectivity index is 0.000000251. The van der Waals surface area contributed by atoms with Crippen molar-refractivity contribution in [3.05, 3.63) is 207 Å². The summed E-state index contributed by atoms with van der Waals surface area (Å²) < 4.78 is 210. The third kappa shape index (κ3) is 31.3. The van der Waals surface area contributed by atoms with Crippen molar-refractivity contribution >= 4 is 155 Å². The number of carboxylic acid groups (broad SMARTS) is 1. The number of esters is 2. The molecule has 0 spiro atoms. The minimum absolute atomic E-state index is 0.0112. The van der Waals surface area contributed by atoms with E-state index in [1.54, 1.807) is 120 Å². The largest absolute Gasteiger partial charge is 0.508 e. The van der Waals surface area contributed by atoms with E-state index in [-0.39, 0.29) is 96.8 Å². The summed E-state index contributed by atoms with van der Waals surface area (Å²) in [6, 6.07) is 17.4.